The van der Waals surface area contributed by atoms with Gasteiger partial charge in [0.2, 0.25) is 5.91 Å². The Bertz CT molecular complexity index is 774. The maximum absolute atomic E-state index is 12.9. The highest BCUT2D eigenvalue weighted by atomic mass is 32.1. The molecule has 2 fully saturated rings. The van der Waals surface area contributed by atoms with Crippen molar-refractivity contribution in [3.8, 4) is 0 Å². The van der Waals surface area contributed by atoms with Crippen molar-refractivity contribution in [2.75, 3.05) is 46.9 Å². The summed E-state index contributed by atoms with van der Waals surface area (Å²) in [6, 6.07) is 8.36. The van der Waals surface area contributed by atoms with E-state index in [0.29, 0.717) is 12.3 Å². The zero-order valence-corrected chi connectivity index (χ0v) is 15.8. The molecule has 1 aromatic heterocycles. The minimum Gasteiger partial charge on any atom is -0.384 e. The van der Waals surface area contributed by atoms with E-state index >= 15 is 0 Å². The highest BCUT2D eigenvalue weighted by molar-refractivity contribution is 7.17. The highest BCUT2D eigenvalue weighted by Gasteiger charge is 2.50. The van der Waals surface area contributed by atoms with Gasteiger partial charge in [0.1, 0.15) is 0 Å². The molecule has 134 valence electrons. The number of hydrogen-bond acceptors (Lipinski definition) is 4. The Morgan fingerprint density at radius 2 is 2.20 bits per heavy atom. The molecule has 4 nitrogen and oxygen atoms in total. The number of carbonyl (C=O) groups is 1. The third-order valence-corrected chi connectivity index (χ3v) is 7.00. The summed E-state index contributed by atoms with van der Waals surface area (Å²) in [5.41, 5.74) is 1.39. The van der Waals surface area contributed by atoms with E-state index < -0.39 is 0 Å². The third-order valence-electron chi connectivity index (χ3n) is 5.99. The summed E-state index contributed by atoms with van der Waals surface area (Å²) in [5, 5.41) is 3.37. The van der Waals surface area contributed by atoms with Gasteiger partial charge < -0.3 is 14.5 Å². The monoisotopic (exact) mass is 358 g/mol. The van der Waals surface area contributed by atoms with Gasteiger partial charge in [-0.1, -0.05) is 18.2 Å². The number of amides is 1. The SMILES string of the molecule is COC[C@@H]1CN(C)C[C@@]12CCN(C(=O)Cc1csc3ccccc13)C2. The number of likely N-dealkylation sites (tertiary alicyclic amines) is 2. The Morgan fingerprint density at radius 3 is 3.04 bits per heavy atom. The normalized spacial score (nSPS) is 27.0. The van der Waals surface area contributed by atoms with Gasteiger partial charge in [0.05, 0.1) is 13.0 Å². The maximum atomic E-state index is 12.9. The molecule has 1 aromatic carbocycles. The lowest BCUT2D eigenvalue weighted by Gasteiger charge is -2.30. The van der Waals surface area contributed by atoms with Crippen LogP contribution < -0.4 is 0 Å². The molecule has 0 aliphatic carbocycles. The zero-order valence-electron chi connectivity index (χ0n) is 15.0. The average molecular weight is 359 g/mol. The maximum Gasteiger partial charge on any atom is 0.227 e. The molecule has 1 amide bonds. The van der Waals surface area contributed by atoms with E-state index in [1.165, 1.54) is 15.6 Å². The van der Waals surface area contributed by atoms with E-state index in [1.807, 2.05) is 0 Å². The van der Waals surface area contributed by atoms with Crippen molar-refractivity contribution in [2.45, 2.75) is 12.8 Å². The lowest BCUT2D eigenvalue weighted by atomic mass is 9.77. The van der Waals surface area contributed by atoms with E-state index in [1.54, 1.807) is 18.4 Å². The molecule has 0 radical (unpaired) electrons. The fourth-order valence-electron chi connectivity index (χ4n) is 4.75. The van der Waals surface area contributed by atoms with Gasteiger partial charge in [-0.15, -0.1) is 11.3 Å². The van der Waals surface area contributed by atoms with Crippen molar-refractivity contribution in [3.05, 3.63) is 35.2 Å². The van der Waals surface area contributed by atoms with Crippen LogP contribution in [0.15, 0.2) is 29.6 Å². The van der Waals surface area contributed by atoms with Crippen LogP contribution in [0.1, 0.15) is 12.0 Å². The van der Waals surface area contributed by atoms with Gasteiger partial charge in [0.15, 0.2) is 0 Å². The number of nitrogens with zero attached hydrogens (tertiary/aromatic N) is 2. The lowest BCUT2D eigenvalue weighted by Crippen LogP contribution is -2.38. The van der Waals surface area contributed by atoms with Gasteiger partial charge in [-0.05, 0) is 35.9 Å². The third kappa shape index (κ3) is 3.09. The predicted octanol–water partition coefficient (Wildman–Crippen LogP) is 2.87. The van der Waals surface area contributed by atoms with E-state index in [0.717, 1.165) is 39.2 Å². The molecule has 0 saturated carbocycles. The van der Waals surface area contributed by atoms with Crippen molar-refractivity contribution in [1.82, 2.24) is 9.80 Å². The van der Waals surface area contributed by atoms with Crippen LogP contribution in [-0.4, -0.2) is 62.7 Å². The Morgan fingerprint density at radius 1 is 1.36 bits per heavy atom. The molecule has 4 rings (SSSR count). The van der Waals surface area contributed by atoms with Gasteiger partial charge in [-0.25, -0.2) is 0 Å². The molecule has 2 aliphatic heterocycles. The summed E-state index contributed by atoms with van der Waals surface area (Å²) in [6.45, 7) is 4.71. The molecule has 2 aliphatic rings. The molecule has 1 spiro atoms. The van der Waals surface area contributed by atoms with Crippen LogP contribution in [0.3, 0.4) is 0 Å². The minimum absolute atomic E-state index is 0.219. The Labute approximate surface area is 153 Å². The fourth-order valence-corrected chi connectivity index (χ4v) is 5.71. The van der Waals surface area contributed by atoms with Crippen molar-refractivity contribution in [1.29, 1.82) is 0 Å². The molecule has 5 heteroatoms. The standard InChI is InChI=1S/C20H26N2O2S/c1-21-10-16(11-24-2)20(13-21)7-8-22(14-20)19(23)9-15-12-25-18-6-4-3-5-17(15)18/h3-6,12,16H,7-11,13-14H2,1-2H3/t16-,20+/m0/s1. The number of benzene rings is 1. The van der Waals surface area contributed by atoms with Crippen LogP contribution >= 0.6 is 11.3 Å². The second-order valence-corrected chi connectivity index (χ2v) is 8.62. The van der Waals surface area contributed by atoms with Gasteiger partial charge in [-0.2, -0.15) is 0 Å². The molecule has 0 bridgehead atoms. The molecular weight excluding hydrogens is 332 g/mol. The fraction of sp³-hybridized carbons (Fsp3) is 0.550. The van der Waals surface area contributed by atoms with E-state index in [9.17, 15) is 4.79 Å². The van der Waals surface area contributed by atoms with E-state index in [-0.39, 0.29) is 11.3 Å². The molecule has 3 heterocycles. The van der Waals surface area contributed by atoms with E-state index in [2.05, 4.69) is 46.5 Å². The number of hydrogen-bond donors (Lipinski definition) is 0. The number of ether oxygens (including phenoxy) is 1. The number of carbonyl (C=O) groups excluding carboxylic acids is 1. The second-order valence-electron chi connectivity index (χ2n) is 7.71. The summed E-state index contributed by atoms with van der Waals surface area (Å²) >= 11 is 1.73. The number of fused-ring (bicyclic) bond motifs is 1. The second kappa shape index (κ2) is 6.71. The Hall–Kier alpha value is -1.43. The quantitative estimate of drug-likeness (QED) is 0.843. The van der Waals surface area contributed by atoms with E-state index in [4.69, 9.17) is 4.74 Å². The first-order valence-corrected chi connectivity index (χ1v) is 9.90. The molecule has 0 N–H and O–H groups in total. The predicted molar refractivity (Wildman–Crippen MR) is 102 cm³/mol. The summed E-state index contributed by atoms with van der Waals surface area (Å²) in [6.07, 6.45) is 1.62. The summed E-state index contributed by atoms with van der Waals surface area (Å²) in [5.74, 6) is 0.799. The smallest absolute Gasteiger partial charge is 0.227 e. The zero-order chi connectivity index (χ0) is 17.4. The van der Waals surface area contributed by atoms with Crippen LogP contribution in [-0.2, 0) is 16.0 Å². The topological polar surface area (TPSA) is 32.8 Å². The molecule has 2 saturated heterocycles. The van der Waals surface area contributed by atoms with Crippen molar-refractivity contribution < 1.29 is 9.53 Å². The molecule has 25 heavy (non-hydrogen) atoms. The van der Waals surface area contributed by atoms with Crippen LogP contribution in [0.2, 0.25) is 0 Å². The van der Waals surface area contributed by atoms with Crippen LogP contribution in [0, 0.1) is 11.3 Å². The highest BCUT2D eigenvalue weighted by Crippen LogP contribution is 2.43. The molecule has 0 unspecified atom stereocenters. The average Bonchev–Trinajstić information content (AvgIpc) is 3.28. The summed E-state index contributed by atoms with van der Waals surface area (Å²) in [4.78, 5) is 17.4. The minimum atomic E-state index is 0.219. The lowest BCUT2D eigenvalue weighted by molar-refractivity contribution is -0.129. The first kappa shape index (κ1) is 17.0. The first-order valence-electron chi connectivity index (χ1n) is 9.02. The van der Waals surface area contributed by atoms with Crippen LogP contribution in [0.4, 0.5) is 0 Å². The first-order chi connectivity index (χ1) is 12.1. The number of methoxy groups -OCH3 is 1. The van der Waals surface area contributed by atoms with Gasteiger partial charge in [0.25, 0.3) is 0 Å². The molecule has 2 atom stereocenters. The molecule has 2 aromatic rings. The molecular formula is C20H26N2O2S. The van der Waals surface area contributed by atoms with Crippen LogP contribution in [0.5, 0.6) is 0 Å². The number of rotatable bonds is 4. The van der Waals surface area contributed by atoms with Crippen LogP contribution in [0.25, 0.3) is 10.1 Å². The van der Waals surface area contributed by atoms with Crippen molar-refractivity contribution >= 4 is 27.3 Å². The van der Waals surface area contributed by atoms with Gasteiger partial charge in [-0.3, -0.25) is 4.79 Å². The number of thiophene rings is 1. The summed E-state index contributed by atoms with van der Waals surface area (Å²) < 4.78 is 6.73. The van der Waals surface area contributed by atoms with Gasteiger partial charge in [0, 0.05) is 49.3 Å². The Kier molecular flexibility index (Phi) is 4.56. The largest absolute Gasteiger partial charge is 0.384 e. The van der Waals surface area contributed by atoms with Crippen molar-refractivity contribution in [2.24, 2.45) is 11.3 Å². The van der Waals surface area contributed by atoms with Gasteiger partial charge >= 0.3 is 0 Å². The summed E-state index contributed by atoms with van der Waals surface area (Å²) in [7, 11) is 3.96. The Balaban J connectivity index is 1.47. The van der Waals surface area contributed by atoms with Crippen molar-refractivity contribution in [3.63, 3.8) is 0 Å².